The summed E-state index contributed by atoms with van der Waals surface area (Å²) >= 11 is 3.70. The van der Waals surface area contributed by atoms with Gasteiger partial charge in [0.2, 0.25) is 0 Å². The summed E-state index contributed by atoms with van der Waals surface area (Å²) in [5.41, 5.74) is 1.10. The smallest absolute Gasteiger partial charge is 0.0753 e. The molecule has 0 saturated carbocycles. The number of alkyl halides is 1. The Balaban J connectivity index is 2.61. The molecule has 2 nitrogen and oxygen atoms in total. The van der Waals surface area contributed by atoms with Crippen LogP contribution in [0.2, 0.25) is 0 Å². The Morgan fingerprint density at radius 2 is 1.82 bits per heavy atom. The molecule has 2 rings (SSSR count). The molecule has 0 aliphatic heterocycles. The van der Waals surface area contributed by atoms with E-state index in [0.717, 1.165) is 11.1 Å². The lowest BCUT2D eigenvalue weighted by atomic mass is 9.87. The zero-order valence-electron chi connectivity index (χ0n) is 10.4. The summed E-state index contributed by atoms with van der Waals surface area (Å²) in [6.07, 6.45) is 1.83. The number of hydrogen-bond acceptors (Lipinski definition) is 2. The van der Waals surface area contributed by atoms with Gasteiger partial charge in [-0.2, -0.15) is 10.2 Å². The van der Waals surface area contributed by atoms with Crippen LogP contribution in [-0.4, -0.2) is 15.0 Å². The highest BCUT2D eigenvalue weighted by molar-refractivity contribution is 9.09. The Morgan fingerprint density at radius 3 is 2.47 bits per heavy atom. The highest BCUT2D eigenvalue weighted by atomic mass is 79.9. The van der Waals surface area contributed by atoms with Crippen molar-refractivity contribution in [3.05, 3.63) is 36.2 Å². The number of hydrogen-bond donors (Lipinski definition) is 0. The number of benzene rings is 1. The van der Waals surface area contributed by atoms with Gasteiger partial charge in [0.1, 0.15) is 0 Å². The molecule has 0 N–H and O–H groups in total. The molecule has 2 unspecified atom stereocenters. The van der Waals surface area contributed by atoms with Gasteiger partial charge in [-0.3, -0.25) is 0 Å². The molecule has 3 heteroatoms. The molecule has 0 saturated heterocycles. The lowest BCUT2D eigenvalue weighted by Crippen LogP contribution is -2.17. The van der Waals surface area contributed by atoms with Crippen molar-refractivity contribution in [3.63, 3.8) is 0 Å². The average Bonchev–Trinajstić information content (AvgIpc) is 2.28. The van der Waals surface area contributed by atoms with E-state index in [-0.39, 0.29) is 0 Å². The first-order valence-corrected chi connectivity index (χ1v) is 6.87. The highest BCUT2D eigenvalue weighted by Crippen LogP contribution is 2.34. The van der Waals surface area contributed by atoms with Crippen molar-refractivity contribution in [2.75, 3.05) is 0 Å². The molecule has 17 heavy (non-hydrogen) atoms. The van der Waals surface area contributed by atoms with Gasteiger partial charge in [-0.25, -0.2) is 0 Å². The van der Waals surface area contributed by atoms with Crippen molar-refractivity contribution in [1.82, 2.24) is 10.2 Å². The maximum Gasteiger partial charge on any atom is 0.0753 e. The van der Waals surface area contributed by atoms with Crippen LogP contribution in [0.5, 0.6) is 0 Å². The molecule has 0 amide bonds. The standard InChI is InChI=1S/C14H17BrN2/c1-9(2)13(10(3)15)14-12-7-5-4-6-11(12)8-16-17-14/h4-10,13H,1-3H3. The van der Waals surface area contributed by atoms with Gasteiger partial charge in [-0.15, -0.1) is 0 Å². The fourth-order valence-corrected chi connectivity index (χ4v) is 3.22. The van der Waals surface area contributed by atoms with E-state index in [9.17, 15) is 0 Å². The average molecular weight is 293 g/mol. The van der Waals surface area contributed by atoms with Gasteiger partial charge in [-0.1, -0.05) is 61.0 Å². The van der Waals surface area contributed by atoms with E-state index in [4.69, 9.17) is 0 Å². The lowest BCUT2D eigenvalue weighted by Gasteiger charge is -2.23. The van der Waals surface area contributed by atoms with Gasteiger partial charge >= 0.3 is 0 Å². The van der Waals surface area contributed by atoms with E-state index in [0.29, 0.717) is 16.7 Å². The molecule has 1 aromatic heterocycles. The van der Waals surface area contributed by atoms with Gasteiger partial charge in [-0.05, 0) is 5.92 Å². The fraction of sp³-hybridized carbons (Fsp3) is 0.429. The maximum atomic E-state index is 4.37. The summed E-state index contributed by atoms with van der Waals surface area (Å²) in [4.78, 5) is 0.391. The second-order valence-corrected chi connectivity index (χ2v) is 6.21. The predicted molar refractivity (Wildman–Crippen MR) is 75.5 cm³/mol. The summed E-state index contributed by atoms with van der Waals surface area (Å²) in [6.45, 7) is 6.63. The third-order valence-corrected chi connectivity index (χ3v) is 3.70. The van der Waals surface area contributed by atoms with E-state index in [1.165, 1.54) is 5.39 Å². The Bertz CT molecular complexity index is 495. The molecule has 0 spiro atoms. The van der Waals surface area contributed by atoms with E-state index in [1.807, 2.05) is 12.3 Å². The summed E-state index contributed by atoms with van der Waals surface area (Å²) in [5.74, 6) is 0.915. The van der Waals surface area contributed by atoms with Crippen LogP contribution in [-0.2, 0) is 0 Å². The van der Waals surface area contributed by atoms with Gasteiger partial charge in [0.15, 0.2) is 0 Å². The Morgan fingerprint density at radius 1 is 1.12 bits per heavy atom. The zero-order valence-corrected chi connectivity index (χ0v) is 12.0. The highest BCUT2D eigenvalue weighted by Gasteiger charge is 2.24. The second-order valence-electron chi connectivity index (χ2n) is 4.76. The summed E-state index contributed by atoms with van der Waals surface area (Å²) < 4.78 is 0. The number of nitrogens with zero attached hydrogens (tertiary/aromatic N) is 2. The first kappa shape index (κ1) is 12.5. The van der Waals surface area contributed by atoms with Gasteiger partial charge in [0.05, 0.1) is 11.9 Å². The van der Waals surface area contributed by atoms with E-state index < -0.39 is 0 Å². The van der Waals surface area contributed by atoms with E-state index in [1.54, 1.807) is 0 Å². The molecule has 2 atom stereocenters. The normalized spacial score (nSPS) is 15.1. The summed E-state index contributed by atoms with van der Waals surface area (Å²) in [5, 5.41) is 10.9. The summed E-state index contributed by atoms with van der Waals surface area (Å²) in [7, 11) is 0. The van der Waals surface area contributed by atoms with Gasteiger partial charge in [0.25, 0.3) is 0 Å². The molecule has 1 heterocycles. The molecule has 1 aromatic carbocycles. The Labute approximate surface area is 111 Å². The van der Waals surface area contributed by atoms with Gasteiger partial charge in [0, 0.05) is 21.5 Å². The monoisotopic (exact) mass is 292 g/mol. The van der Waals surface area contributed by atoms with Crippen molar-refractivity contribution in [2.24, 2.45) is 5.92 Å². The number of rotatable bonds is 3. The third kappa shape index (κ3) is 2.49. The van der Waals surface area contributed by atoms with Crippen LogP contribution in [0.4, 0.5) is 0 Å². The number of fused-ring (bicyclic) bond motifs is 1. The van der Waals surface area contributed by atoms with Crippen molar-refractivity contribution in [1.29, 1.82) is 0 Å². The molecular weight excluding hydrogens is 276 g/mol. The van der Waals surface area contributed by atoms with Crippen LogP contribution in [0.1, 0.15) is 32.4 Å². The largest absolute Gasteiger partial charge is 0.158 e. The minimum Gasteiger partial charge on any atom is -0.158 e. The summed E-state index contributed by atoms with van der Waals surface area (Å²) in [6, 6.07) is 8.31. The molecule has 2 aromatic rings. The zero-order chi connectivity index (χ0) is 12.4. The van der Waals surface area contributed by atoms with Crippen LogP contribution in [0.3, 0.4) is 0 Å². The van der Waals surface area contributed by atoms with Crippen molar-refractivity contribution >= 4 is 26.7 Å². The van der Waals surface area contributed by atoms with Crippen LogP contribution < -0.4 is 0 Å². The van der Waals surface area contributed by atoms with Crippen LogP contribution in [0.15, 0.2) is 30.5 Å². The number of aromatic nitrogens is 2. The minimum absolute atomic E-state index is 0.383. The number of halogens is 1. The van der Waals surface area contributed by atoms with Crippen molar-refractivity contribution < 1.29 is 0 Å². The molecule has 0 aliphatic carbocycles. The first-order valence-electron chi connectivity index (χ1n) is 5.95. The van der Waals surface area contributed by atoms with Crippen LogP contribution in [0.25, 0.3) is 10.8 Å². The SMILES string of the molecule is CC(C)C(c1nncc2ccccc12)C(C)Br. The molecule has 0 aliphatic rings. The molecular formula is C14H17BrN2. The van der Waals surface area contributed by atoms with Gasteiger partial charge < -0.3 is 0 Å². The van der Waals surface area contributed by atoms with Crippen molar-refractivity contribution in [3.8, 4) is 0 Å². The fourth-order valence-electron chi connectivity index (χ4n) is 2.36. The Kier molecular flexibility index (Phi) is 3.77. The first-order chi connectivity index (χ1) is 8.11. The minimum atomic E-state index is 0.383. The van der Waals surface area contributed by atoms with Crippen LogP contribution in [0, 0.1) is 5.92 Å². The predicted octanol–water partition coefficient (Wildman–Crippen LogP) is 4.15. The topological polar surface area (TPSA) is 25.8 Å². The quantitative estimate of drug-likeness (QED) is 0.794. The maximum absolute atomic E-state index is 4.37. The lowest BCUT2D eigenvalue weighted by molar-refractivity contribution is 0.487. The Hall–Kier alpha value is -0.960. The second kappa shape index (κ2) is 5.13. The van der Waals surface area contributed by atoms with E-state index >= 15 is 0 Å². The third-order valence-electron chi connectivity index (χ3n) is 3.13. The molecule has 0 radical (unpaired) electrons. The molecule has 0 bridgehead atoms. The molecule has 90 valence electrons. The van der Waals surface area contributed by atoms with Crippen molar-refractivity contribution in [2.45, 2.75) is 31.5 Å². The van der Waals surface area contributed by atoms with E-state index in [2.05, 4.69) is 65.1 Å². The molecule has 0 fully saturated rings. The van der Waals surface area contributed by atoms with Crippen LogP contribution >= 0.6 is 15.9 Å².